The van der Waals surface area contributed by atoms with Crippen molar-refractivity contribution in [1.29, 1.82) is 0 Å². The van der Waals surface area contributed by atoms with Gasteiger partial charge in [-0.15, -0.1) is 0 Å². The van der Waals surface area contributed by atoms with Gasteiger partial charge in [-0.3, -0.25) is 4.79 Å². The number of halogens is 1. The molecule has 0 saturated carbocycles. The highest BCUT2D eigenvalue weighted by atomic mass is 79.9. The average molecular weight is 419 g/mol. The lowest BCUT2D eigenvalue weighted by Crippen LogP contribution is -3.15. The molecule has 1 aliphatic rings. The van der Waals surface area contributed by atoms with E-state index in [0.717, 1.165) is 9.37 Å². The minimum atomic E-state index is -3.47. The Labute approximate surface area is 152 Å². The van der Waals surface area contributed by atoms with E-state index in [4.69, 9.17) is 0 Å². The first-order valence-corrected chi connectivity index (χ1v) is 10.3. The third-order valence-electron chi connectivity index (χ3n) is 4.43. The van der Waals surface area contributed by atoms with Gasteiger partial charge >= 0.3 is 0 Å². The van der Waals surface area contributed by atoms with Crippen molar-refractivity contribution >= 4 is 31.9 Å². The monoisotopic (exact) mass is 418 g/mol. The normalized spacial score (nSPS) is 17.2. The third-order valence-corrected chi connectivity index (χ3v) is 6.82. The van der Waals surface area contributed by atoms with E-state index in [-0.39, 0.29) is 11.9 Å². The maximum atomic E-state index is 12.7. The van der Waals surface area contributed by atoms with Gasteiger partial charge in [-0.2, -0.15) is 4.31 Å². The Morgan fingerprint density at radius 2 is 1.96 bits per heavy atom. The molecule has 1 N–H and O–H groups in total. The summed E-state index contributed by atoms with van der Waals surface area (Å²) in [5, 5.41) is 0. The largest absolute Gasteiger partial charge is 0.338 e. The Hall–Kier alpha value is -0.960. The van der Waals surface area contributed by atoms with Crippen LogP contribution in [0.2, 0.25) is 0 Å². The summed E-state index contributed by atoms with van der Waals surface area (Å²) in [5.41, 5.74) is 0. The summed E-state index contributed by atoms with van der Waals surface area (Å²) >= 11 is 3.31. The van der Waals surface area contributed by atoms with Gasteiger partial charge in [0, 0.05) is 17.6 Å². The summed E-state index contributed by atoms with van der Waals surface area (Å²) < 4.78 is 27.6. The molecule has 0 aromatic heterocycles. The first-order valence-electron chi connectivity index (χ1n) is 8.06. The van der Waals surface area contributed by atoms with E-state index in [0.29, 0.717) is 37.6 Å². The predicted octanol–water partition coefficient (Wildman–Crippen LogP) is 0.205. The van der Waals surface area contributed by atoms with Gasteiger partial charge in [-0.1, -0.05) is 22.0 Å². The van der Waals surface area contributed by atoms with Crippen molar-refractivity contribution < 1.29 is 18.1 Å². The molecule has 1 aliphatic heterocycles. The maximum Gasteiger partial charge on any atom is 0.277 e. The molecule has 24 heavy (non-hydrogen) atoms. The van der Waals surface area contributed by atoms with Gasteiger partial charge in [0.1, 0.15) is 0 Å². The van der Waals surface area contributed by atoms with Crippen molar-refractivity contribution in [2.24, 2.45) is 0 Å². The van der Waals surface area contributed by atoms with Crippen LogP contribution in [0.4, 0.5) is 0 Å². The fraction of sp³-hybridized carbons (Fsp3) is 0.562. The molecular weight excluding hydrogens is 394 g/mol. The van der Waals surface area contributed by atoms with Gasteiger partial charge in [-0.25, -0.2) is 8.42 Å². The zero-order valence-corrected chi connectivity index (χ0v) is 16.7. The van der Waals surface area contributed by atoms with E-state index in [2.05, 4.69) is 15.9 Å². The summed E-state index contributed by atoms with van der Waals surface area (Å²) in [7, 11) is -1.67. The summed E-state index contributed by atoms with van der Waals surface area (Å²) in [5.74, 6) is 0.100. The highest BCUT2D eigenvalue weighted by molar-refractivity contribution is 9.10. The van der Waals surface area contributed by atoms with E-state index in [1.807, 2.05) is 13.8 Å². The number of benzene rings is 1. The number of piperazine rings is 1. The minimum Gasteiger partial charge on any atom is -0.338 e. The molecule has 6 nitrogen and oxygen atoms in total. The topological polar surface area (TPSA) is 62.1 Å². The molecule has 0 atom stereocenters. The van der Waals surface area contributed by atoms with Crippen LogP contribution >= 0.6 is 15.9 Å². The lowest BCUT2D eigenvalue weighted by molar-refractivity contribution is -0.896. The van der Waals surface area contributed by atoms with Crippen LogP contribution in [0.5, 0.6) is 0 Å². The van der Waals surface area contributed by atoms with Gasteiger partial charge in [0.05, 0.1) is 31.1 Å². The molecule has 134 valence electrons. The van der Waals surface area contributed by atoms with Crippen molar-refractivity contribution in [3.63, 3.8) is 0 Å². The predicted molar refractivity (Wildman–Crippen MR) is 96.4 cm³/mol. The van der Waals surface area contributed by atoms with Crippen molar-refractivity contribution in [2.45, 2.75) is 24.8 Å². The molecule has 2 rings (SSSR count). The van der Waals surface area contributed by atoms with Crippen LogP contribution in [0.3, 0.4) is 0 Å². The number of carbonyl (C=O) groups is 1. The van der Waals surface area contributed by atoms with Crippen molar-refractivity contribution in [3.05, 3.63) is 28.7 Å². The van der Waals surface area contributed by atoms with Gasteiger partial charge in [0.2, 0.25) is 10.0 Å². The maximum absolute atomic E-state index is 12.7. The number of quaternary nitrogens is 1. The fourth-order valence-electron chi connectivity index (χ4n) is 2.62. The second-order valence-electron chi connectivity index (χ2n) is 6.39. The first-order chi connectivity index (χ1) is 11.2. The Morgan fingerprint density at radius 1 is 1.33 bits per heavy atom. The van der Waals surface area contributed by atoms with E-state index >= 15 is 0 Å². The number of amides is 1. The smallest absolute Gasteiger partial charge is 0.277 e. The molecule has 1 amide bonds. The number of rotatable bonds is 5. The van der Waals surface area contributed by atoms with Crippen LogP contribution in [0.1, 0.15) is 13.8 Å². The molecule has 0 bridgehead atoms. The van der Waals surface area contributed by atoms with E-state index in [1.165, 1.54) is 4.31 Å². The number of nitrogens with one attached hydrogen (secondary N) is 1. The average Bonchev–Trinajstić information content (AvgIpc) is 2.54. The van der Waals surface area contributed by atoms with Crippen LogP contribution in [-0.4, -0.2) is 69.3 Å². The number of nitrogens with zero attached hydrogens (tertiary/aromatic N) is 2. The SMILES string of the molecule is CC(C)N(C)C(=O)C[NH+]1CCN(S(=O)(=O)c2cccc(Br)c2)CC1. The van der Waals surface area contributed by atoms with E-state index in [9.17, 15) is 13.2 Å². The van der Waals surface area contributed by atoms with Gasteiger partial charge < -0.3 is 9.80 Å². The molecule has 0 unspecified atom stereocenters. The quantitative estimate of drug-likeness (QED) is 0.742. The number of hydrogen-bond acceptors (Lipinski definition) is 3. The van der Waals surface area contributed by atoms with Crippen molar-refractivity contribution in [1.82, 2.24) is 9.21 Å². The molecule has 1 saturated heterocycles. The van der Waals surface area contributed by atoms with Crippen LogP contribution in [-0.2, 0) is 14.8 Å². The van der Waals surface area contributed by atoms with Crippen LogP contribution in [0.25, 0.3) is 0 Å². The van der Waals surface area contributed by atoms with Gasteiger partial charge in [0.25, 0.3) is 5.91 Å². The molecule has 1 heterocycles. The summed E-state index contributed by atoms with van der Waals surface area (Å²) in [4.78, 5) is 15.3. The fourth-order valence-corrected chi connectivity index (χ4v) is 4.66. The second kappa shape index (κ2) is 7.95. The van der Waals surface area contributed by atoms with Crippen molar-refractivity contribution in [2.75, 3.05) is 39.8 Å². The number of carbonyl (C=O) groups excluding carboxylic acids is 1. The molecule has 1 fully saturated rings. The Kier molecular flexibility index (Phi) is 6.41. The summed E-state index contributed by atoms with van der Waals surface area (Å²) in [6.07, 6.45) is 0. The molecule has 0 aliphatic carbocycles. The van der Waals surface area contributed by atoms with Crippen LogP contribution in [0.15, 0.2) is 33.6 Å². The lowest BCUT2D eigenvalue weighted by Gasteiger charge is -2.32. The van der Waals surface area contributed by atoms with E-state index < -0.39 is 10.0 Å². The molecule has 1 aromatic rings. The van der Waals surface area contributed by atoms with Gasteiger partial charge in [-0.05, 0) is 32.0 Å². The molecular formula is C16H25BrN3O3S+. The lowest BCUT2D eigenvalue weighted by atomic mass is 10.3. The highest BCUT2D eigenvalue weighted by Gasteiger charge is 2.31. The van der Waals surface area contributed by atoms with Crippen LogP contribution < -0.4 is 4.90 Å². The third kappa shape index (κ3) is 4.56. The zero-order chi connectivity index (χ0) is 17.9. The first kappa shape index (κ1) is 19.4. The standard InChI is InChI=1S/C16H24BrN3O3S/c1-13(2)18(3)16(21)12-19-7-9-20(10-8-19)24(22,23)15-6-4-5-14(17)11-15/h4-6,11,13H,7-10,12H2,1-3H3/p+1. The van der Waals surface area contributed by atoms with Crippen LogP contribution in [0, 0.1) is 0 Å². The summed E-state index contributed by atoms with van der Waals surface area (Å²) in [6, 6.07) is 6.93. The molecule has 1 aromatic carbocycles. The molecule has 0 radical (unpaired) electrons. The number of likely N-dealkylation sites (N-methyl/N-ethyl adjacent to an activating group) is 1. The molecule has 0 spiro atoms. The Balaban J connectivity index is 1.96. The number of sulfonamides is 1. The Morgan fingerprint density at radius 3 is 2.50 bits per heavy atom. The van der Waals surface area contributed by atoms with Crippen molar-refractivity contribution in [3.8, 4) is 0 Å². The van der Waals surface area contributed by atoms with Gasteiger partial charge in [0.15, 0.2) is 6.54 Å². The van der Waals surface area contributed by atoms with E-state index in [1.54, 1.807) is 36.2 Å². The highest BCUT2D eigenvalue weighted by Crippen LogP contribution is 2.19. The minimum absolute atomic E-state index is 0.100. The second-order valence-corrected chi connectivity index (χ2v) is 9.24. The summed E-state index contributed by atoms with van der Waals surface area (Å²) in [6.45, 7) is 6.53. The Bertz CT molecular complexity index is 686. The number of hydrogen-bond donors (Lipinski definition) is 1. The zero-order valence-electron chi connectivity index (χ0n) is 14.3. The molecule has 8 heteroatoms.